The number of rotatable bonds is 6. The van der Waals surface area contributed by atoms with Crippen LogP contribution in [0.5, 0.6) is 0 Å². The predicted octanol–water partition coefficient (Wildman–Crippen LogP) is 4.10. The van der Waals surface area contributed by atoms with Gasteiger partial charge in [0.2, 0.25) is 5.91 Å². The Morgan fingerprint density at radius 3 is 2.78 bits per heavy atom. The van der Waals surface area contributed by atoms with Crippen LogP contribution in [0.4, 0.5) is 0 Å². The summed E-state index contributed by atoms with van der Waals surface area (Å²) in [6.07, 6.45) is 9.00. The third-order valence-electron chi connectivity index (χ3n) is 5.52. The van der Waals surface area contributed by atoms with E-state index >= 15 is 0 Å². The number of hydrogen-bond acceptors (Lipinski definition) is 3. The van der Waals surface area contributed by atoms with Crippen LogP contribution in [0.15, 0.2) is 42.7 Å². The smallest absolute Gasteiger partial charge is 0.223 e. The van der Waals surface area contributed by atoms with Crippen molar-refractivity contribution in [1.29, 1.82) is 0 Å². The van der Waals surface area contributed by atoms with Gasteiger partial charge in [0.25, 0.3) is 0 Å². The third-order valence-corrected chi connectivity index (χ3v) is 5.52. The van der Waals surface area contributed by atoms with E-state index in [9.17, 15) is 4.79 Å². The van der Waals surface area contributed by atoms with Crippen LogP contribution in [0, 0.1) is 12.8 Å². The normalized spacial score (nSPS) is 14.7. The second-order valence-corrected chi connectivity index (χ2v) is 7.36. The number of amides is 1. The molecule has 1 aliphatic rings. The molecule has 5 heteroatoms. The molecular weight excluding hydrogens is 336 g/mol. The molecule has 0 atom stereocenters. The van der Waals surface area contributed by atoms with Gasteiger partial charge >= 0.3 is 0 Å². The number of aryl methyl sites for hydroxylation is 2. The lowest BCUT2D eigenvalue weighted by molar-refractivity contribution is -0.124. The number of fused-ring (bicyclic) bond motifs is 1. The van der Waals surface area contributed by atoms with Gasteiger partial charge in [0.05, 0.1) is 5.69 Å². The van der Waals surface area contributed by atoms with Crippen molar-refractivity contribution >= 4 is 16.9 Å². The van der Waals surface area contributed by atoms with Crippen LogP contribution in [0.2, 0.25) is 0 Å². The van der Waals surface area contributed by atoms with Crippen LogP contribution in [0.1, 0.15) is 37.8 Å². The van der Waals surface area contributed by atoms with Crippen molar-refractivity contribution < 1.29 is 4.79 Å². The summed E-state index contributed by atoms with van der Waals surface area (Å²) in [5, 5.41) is 4.25. The van der Waals surface area contributed by atoms with Gasteiger partial charge < -0.3 is 9.88 Å². The zero-order valence-electron chi connectivity index (χ0n) is 15.8. The molecule has 0 aliphatic heterocycles. The zero-order valence-corrected chi connectivity index (χ0v) is 15.8. The highest BCUT2D eigenvalue weighted by molar-refractivity contribution is 5.84. The number of carbonyl (C=O) groups excluding carboxylic acids is 1. The lowest BCUT2D eigenvalue weighted by Gasteiger charge is -2.13. The van der Waals surface area contributed by atoms with Crippen molar-refractivity contribution in [2.75, 3.05) is 6.54 Å². The van der Waals surface area contributed by atoms with Gasteiger partial charge in [0.15, 0.2) is 0 Å². The molecule has 4 rings (SSSR count). The number of hydrogen-bond donors (Lipinski definition) is 1. The van der Waals surface area contributed by atoms with Crippen molar-refractivity contribution in [3.63, 3.8) is 0 Å². The molecule has 0 unspecified atom stereocenters. The largest absolute Gasteiger partial charge is 0.356 e. The lowest BCUT2D eigenvalue weighted by atomic mass is 10.1. The molecule has 1 fully saturated rings. The molecule has 3 aromatic heterocycles. The van der Waals surface area contributed by atoms with Gasteiger partial charge in [-0.1, -0.05) is 12.8 Å². The number of pyridine rings is 2. The molecule has 3 heterocycles. The minimum atomic E-state index is 0.228. The Kier molecular flexibility index (Phi) is 5.19. The Bertz CT molecular complexity index is 940. The molecule has 5 nitrogen and oxygen atoms in total. The van der Waals surface area contributed by atoms with Gasteiger partial charge in [-0.05, 0) is 56.5 Å². The summed E-state index contributed by atoms with van der Waals surface area (Å²) >= 11 is 0. The van der Waals surface area contributed by atoms with E-state index in [0.29, 0.717) is 6.54 Å². The minimum absolute atomic E-state index is 0.228. The van der Waals surface area contributed by atoms with Gasteiger partial charge in [-0.15, -0.1) is 0 Å². The fourth-order valence-corrected chi connectivity index (χ4v) is 4.07. The van der Waals surface area contributed by atoms with E-state index < -0.39 is 0 Å². The molecule has 1 N–H and O–H groups in total. The van der Waals surface area contributed by atoms with Crippen LogP contribution in [0.25, 0.3) is 22.3 Å². The van der Waals surface area contributed by atoms with Crippen LogP contribution >= 0.6 is 0 Å². The highest BCUT2D eigenvalue weighted by Crippen LogP contribution is 2.29. The summed E-state index contributed by atoms with van der Waals surface area (Å²) in [6.45, 7) is 3.55. The molecule has 0 spiro atoms. The fraction of sp³-hybridized carbons (Fsp3) is 0.409. The first kappa shape index (κ1) is 17.7. The minimum Gasteiger partial charge on any atom is -0.356 e. The number of carbonyl (C=O) groups is 1. The van der Waals surface area contributed by atoms with Crippen LogP contribution in [0.3, 0.4) is 0 Å². The molecule has 0 saturated heterocycles. The van der Waals surface area contributed by atoms with E-state index in [2.05, 4.69) is 38.1 Å². The molecule has 0 radical (unpaired) electrons. The molecular formula is C22H26N4O. The van der Waals surface area contributed by atoms with Gasteiger partial charge in [-0.3, -0.25) is 9.78 Å². The standard InChI is InChI=1S/C22H26N4O/c1-16-19(10-5-11-23-16)20-15-18-9-4-12-24-21(18)26(20)14-6-13-25-22(27)17-7-2-3-8-17/h4-5,9-12,15,17H,2-3,6-8,13-14H2,1H3,(H,25,27). The SMILES string of the molecule is Cc1ncccc1-c1cc2cccnc2n1CCCNC(=O)C1CCCC1. The van der Waals surface area contributed by atoms with E-state index in [0.717, 1.165) is 53.8 Å². The van der Waals surface area contributed by atoms with Crippen LogP contribution in [-0.2, 0) is 11.3 Å². The van der Waals surface area contributed by atoms with Gasteiger partial charge in [-0.25, -0.2) is 4.98 Å². The number of nitrogens with zero attached hydrogens (tertiary/aromatic N) is 3. The van der Waals surface area contributed by atoms with Gasteiger partial charge in [0, 0.05) is 48.0 Å². The van der Waals surface area contributed by atoms with E-state index in [1.807, 2.05) is 31.5 Å². The third kappa shape index (κ3) is 3.72. The molecule has 1 aliphatic carbocycles. The van der Waals surface area contributed by atoms with E-state index in [-0.39, 0.29) is 11.8 Å². The Hall–Kier alpha value is -2.69. The Labute approximate surface area is 159 Å². The van der Waals surface area contributed by atoms with Crippen molar-refractivity contribution in [2.45, 2.75) is 45.6 Å². The monoisotopic (exact) mass is 362 g/mol. The summed E-state index contributed by atoms with van der Waals surface area (Å²) in [5.74, 6) is 0.457. The van der Waals surface area contributed by atoms with Crippen molar-refractivity contribution in [3.8, 4) is 11.3 Å². The molecule has 0 bridgehead atoms. The van der Waals surface area contributed by atoms with Gasteiger partial charge in [0.1, 0.15) is 5.65 Å². The average Bonchev–Trinajstić information content (AvgIpc) is 3.34. The van der Waals surface area contributed by atoms with Crippen molar-refractivity contribution in [1.82, 2.24) is 19.9 Å². The average molecular weight is 362 g/mol. The molecule has 3 aromatic rings. The van der Waals surface area contributed by atoms with Crippen LogP contribution < -0.4 is 5.32 Å². The summed E-state index contributed by atoms with van der Waals surface area (Å²) in [5.41, 5.74) is 4.26. The Balaban J connectivity index is 1.51. The van der Waals surface area contributed by atoms with Crippen LogP contribution in [-0.4, -0.2) is 27.0 Å². The lowest BCUT2D eigenvalue weighted by Crippen LogP contribution is -2.30. The quantitative estimate of drug-likeness (QED) is 0.672. The van der Waals surface area contributed by atoms with E-state index in [4.69, 9.17) is 0 Å². The summed E-state index contributed by atoms with van der Waals surface area (Å²) in [7, 11) is 0. The molecule has 140 valence electrons. The number of nitrogens with one attached hydrogen (secondary N) is 1. The topological polar surface area (TPSA) is 59.8 Å². The molecule has 27 heavy (non-hydrogen) atoms. The maximum absolute atomic E-state index is 12.2. The first-order valence-corrected chi connectivity index (χ1v) is 9.88. The zero-order chi connectivity index (χ0) is 18.6. The Morgan fingerprint density at radius 1 is 1.19 bits per heavy atom. The first-order chi connectivity index (χ1) is 13.2. The van der Waals surface area contributed by atoms with E-state index in [1.54, 1.807) is 0 Å². The predicted molar refractivity (Wildman–Crippen MR) is 107 cm³/mol. The second kappa shape index (κ2) is 7.91. The molecule has 1 saturated carbocycles. The number of aromatic nitrogens is 3. The highest BCUT2D eigenvalue weighted by Gasteiger charge is 2.22. The molecule has 0 aromatic carbocycles. The second-order valence-electron chi connectivity index (χ2n) is 7.36. The van der Waals surface area contributed by atoms with Crippen molar-refractivity contribution in [2.24, 2.45) is 5.92 Å². The highest BCUT2D eigenvalue weighted by atomic mass is 16.1. The maximum atomic E-state index is 12.2. The summed E-state index contributed by atoms with van der Waals surface area (Å²) < 4.78 is 2.25. The van der Waals surface area contributed by atoms with E-state index in [1.165, 1.54) is 12.8 Å². The summed E-state index contributed by atoms with van der Waals surface area (Å²) in [4.78, 5) is 21.2. The maximum Gasteiger partial charge on any atom is 0.223 e. The molecule has 1 amide bonds. The van der Waals surface area contributed by atoms with Crippen molar-refractivity contribution in [3.05, 3.63) is 48.4 Å². The van der Waals surface area contributed by atoms with Gasteiger partial charge in [-0.2, -0.15) is 0 Å². The first-order valence-electron chi connectivity index (χ1n) is 9.88. The fourth-order valence-electron chi connectivity index (χ4n) is 4.07. The summed E-state index contributed by atoms with van der Waals surface area (Å²) in [6, 6.07) is 10.3. The Morgan fingerprint density at radius 2 is 1.96 bits per heavy atom.